The van der Waals surface area contributed by atoms with Gasteiger partial charge in [0.25, 0.3) is 0 Å². The van der Waals surface area contributed by atoms with Gasteiger partial charge in [-0.3, -0.25) is 4.79 Å². The van der Waals surface area contributed by atoms with Crippen molar-refractivity contribution in [1.82, 2.24) is 10.2 Å². The lowest BCUT2D eigenvalue weighted by atomic mass is 9.98. The summed E-state index contributed by atoms with van der Waals surface area (Å²) >= 11 is 5.70. The van der Waals surface area contributed by atoms with Crippen LogP contribution in [0.2, 0.25) is 0 Å². The first-order valence-electron chi connectivity index (χ1n) is 4.93. The number of carbonyl (C=O) groups is 1. The van der Waals surface area contributed by atoms with Crippen molar-refractivity contribution in [2.75, 3.05) is 19.0 Å². The Labute approximate surface area is 83.4 Å². The largest absolute Gasteiger partial charge is 0.337 e. The van der Waals surface area contributed by atoms with Crippen molar-refractivity contribution in [3.05, 3.63) is 0 Å². The summed E-state index contributed by atoms with van der Waals surface area (Å²) in [5.74, 6) is 0.591. The minimum Gasteiger partial charge on any atom is -0.337 e. The van der Waals surface area contributed by atoms with Gasteiger partial charge < -0.3 is 10.2 Å². The predicted molar refractivity (Wildman–Crippen MR) is 51.9 cm³/mol. The summed E-state index contributed by atoms with van der Waals surface area (Å²) in [5, 5.41) is 3.19. The van der Waals surface area contributed by atoms with Crippen molar-refractivity contribution in [3.63, 3.8) is 0 Å². The zero-order valence-corrected chi connectivity index (χ0v) is 8.39. The molecule has 2 saturated heterocycles. The number of piperidine rings is 1. The Hall–Kier alpha value is -0.280. The molecule has 1 N–H and O–H groups in total. The number of rotatable bonds is 1. The number of piperazine rings is 1. The van der Waals surface area contributed by atoms with E-state index < -0.39 is 0 Å². The molecule has 2 aliphatic rings. The van der Waals surface area contributed by atoms with E-state index in [0.717, 1.165) is 25.9 Å². The fraction of sp³-hybridized carbons (Fsp3) is 0.889. The molecule has 2 fully saturated rings. The van der Waals surface area contributed by atoms with Crippen molar-refractivity contribution >= 4 is 17.5 Å². The van der Waals surface area contributed by atoms with Crippen LogP contribution in [0.25, 0.3) is 0 Å². The number of alkyl halides is 1. The molecule has 2 unspecified atom stereocenters. The molecule has 3 nitrogen and oxygen atoms in total. The first kappa shape index (κ1) is 9.28. The number of nitrogens with zero attached hydrogens (tertiary/aromatic N) is 1. The summed E-state index contributed by atoms with van der Waals surface area (Å²) in [6, 6.07) is 0.289. The molecule has 0 saturated carbocycles. The van der Waals surface area contributed by atoms with E-state index in [9.17, 15) is 4.79 Å². The molecule has 0 aliphatic carbocycles. The van der Waals surface area contributed by atoms with Gasteiger partial charge in [-0.05, 0) is 19.3 Å². The quantitative estimate of drug-likeness (QED) is 0.631. The van der Waals surface area contributed by atoms with E-state index in [-0.39, 0.29) is 11.9 Å². The number of hydrogen-bond acceptors (Lipinski definition) is 2. The molecular weight excluding hydrogens is 188 g/mol. The van der Waals surface area contributed by atoms with Crippen LogP contribution in [-0.4, -0.2) is 41.9 Å². The topological polar surface area (TPSA) is 32.3 Å². The first-order valence-corrected chi connectivity index (χ1v) is 5.46. The highest BCUT2D eigenvalue weighted by Gasteiger charge is 2.35. The second-order valence-electron chi connectivity index (χ2n) is 3.80. The van der Waals surface area contributed by atoms with Crippen molar-refractivity contribution in [3.8, 4) is 0 Å². The molecule has 2 heterocycles. The van der Waals surface area contributed by atoms with Crippen LogP contribution < -0.4 is 5.32 Å². The van der Waals surface area contributed by atoms with Gasteiger partial charge in [0, 0.05) is 25.0 Å². The first-order chi connectivity index (χ1) is 6.33. The number of halogens is 1. The van der Waals surface area contributed by atoms with E-state index in [4.69, 9.17) is 11.6 Å². The van der Waals surface area contributed by atoms with Gasteiger partial charge in [-0.2, -0.15) is 0 Å². The second-order valence-corrected chi connectivity index (χ2v) is 4.10. The molecule has 2 atom stereocenters. The number of nitrogens with one attached hydrogen (secondary N) is 1. The normalized spacial score (nSPS) is 34.5. The lowest BCUT2D eigenvalue weighted by molar-refractivity contribution is -0.139. The van der Waals surface area contributed by atoms with Gasteiger partial charge in [-0.25, -0.2) is 0 Å². The number of carbonyl (C=O) groups excluding carboxylic acids is 1. The molecule has 2 rings (SSSR count). The number of hydrogen-bond donors (Lipinski definition) is 1. The highest BCUT2D eigenvalue weighted by Crippen LogP contribution is 2.20. The molecule has 0 aromatic heterocycles. The Morgan fingerprint density at radius 1 is 1.54 bits per heavy atom. The monoisotopic (exact) mass is 202 g/mol. The van der Waals surface area contributed by atoms with Crippen molar-refractivity contribution < 1.29 is 4.79 Å². The van der Waals surface area contributed by atoms with Gasteiger partial charge in [0.2, 0.25) is 5.91 Å². The summed E-state index contributed by atoms with van der Waals surface area (Å²) in [6.45, 7) is 1.85. The van der Waals surface area contributed by atoms with Crippen LogP contribution in [0.3, 0.4) is 0 Å². The van der Waals surface area contributed by atoms with Crippen LogP contribution in [0.5, 0.6) is 0 Å². The average Bonchev–Trinajstić information content (AvgIpc) is 2.19. The van der Waals surface area contributed by atoms with Crippen LogP contribution >= 0.6 is 11.6 Å². The predicted octanol–water partition coefficient (Wildman–Crippen LogP) is 0.578. The molecule has 13 heavy (non-hydrogen) atoms. The van der Waals surface area contributed by atoms with Crippen LogP contribution in [0.1, 0.15) is 19.3 Å². The number of amides is 1. The Morgan fingerprint density at radius 2 is 2.38 bits per heavy atom. The van der Waals surface area contributed by atoms with Crippen LogP contribution in [-0.2, 0) is 4.79 Å². The van der Waals surface area contributed by atoms with Gasteiger partial charge in [0.05, 0.1) is 0 Å². The van der Waals surface area contributed by atoms with E-state index in [2.05, 4.69) is 5.32 Å². The lowest BCUT2D eigenvalue weighted by Crippen LogP contribution is -2.62. The van der Waals surface area contributed by atoms with Gasteiger partial charge in [0.15, 0.2) is 0 Å². The third-order valence-corrected chi connectivity index (χ3v) is 3.27. The van der Waals surface area contributed by atoms with Crippen LogP contribution in [0.15, 0.2) is 0 Å². The van der Waals surface area contributed by atoms with E-state index in [1.54, 1.807) is 0 Å². The van der Waals surface area contributed by atoms with E-state index in [1.807, 2.05) is 4.90 Å². The standard InChI is InChI=1S/C9H15ClN2O/c10-5-8-9(13)12-4-2-1-3-7(12)6-11-8/h7-8,11H,1-6H2. The Morgan fingerprint density at radius 3 is 3.15 bits per heavy atom. The zero-order valence-electron chi connectivity index (χ0n) is 7.63. The maximum Gasteiger partial charge on any atom is 0.241 e. The summed E-state index contributed by atoms with van der Waals surface area (Å²) in [6.07, 6.45) is 3.55. The minimum absolute atomic E-state index is 0.143. The van der Waals surface area contributed by atoms with E-state index >= 15 is 0 Å². The molecule has 2 aliphatic heterocycles. The van der Waals surface area contributed by atoms with Crippen LogP contribution in [0.4, 0.5) is 0 Å². The van der Waals surface area contributed by atoms with Crippen molar-refractivity contribution in [1.29, 1.82) is 0 Å². The maximum atomic E-state index is 11.8. The molecule has 0 radical (unpaired) electrons. The third-order valence-electron chi connectivity index (χ3n) is 2.96. The third kappa shape index (κ3) is 1.67. The van der Waals surface area contributed by atoms with Gasteiger partial charge in [-0.15, -0.1) is 11.6 Å². The summed E-state index contributed by atoms with van der Waals surface area (Å²) < 4.78 is 0. The smallest absolute Gasteiger partial charge is 0.241 e. The molecule has 4 heteroatoms. The maximum absolute atomic E-state index is 11.8. The van der Waals surface area contributed by atoms with Gasteiger partial charge >= 0.3 is 0 Å². The van der Waals surface area contributed by atoms with Crippen LogP contribution in [0, 0.1) is 0 Å². The molecule has 0 aromatic rings. The zero-order chi connectivity index (χ0) is 9.26. The molecule has 0 aromatic carbocycles. The highest BCUT2D eigenvalue weighted by atomic mass is 35.5. The summed E-state index contributed by atoms with van der Waals surface area (Å²) in [5.41, 5.74) is 0. The summed E-state index contributed by atoms with van der Waals surface area (Å²) in [4.78, 5) is 13.8. The molecule has 0 bridgehead atoms. The fourth-order valence-electron chi connectivity index (χ4n) is 2.19. The lowest BCUT2D eigenvalue weighted by Gasteiger charge is -2.42. The van der Waals surface area contributed by atoms with E-state index in [1.165, 1.54) is 6.42 Å². The Balaban J connectivity index is 2.05. The minimum atomic E-state index is -0.143. The van der Waals surface area contributed by atoms with Crippen molar-refractivity contribution in [2.24, 2.45) is 0 Å². The fourth-order valence-corrected chi connectivity index (χ4v) is 2.43. The molecule has 74 valence electrons. The average molecular weight is 203 g/mol. The van der Waals surface area contributed by atoms with Crippen molar-refractivity contribution in [2.45, 2.75) is 31.3 Å². The summed E-state index contributed by atoms with van der Waals surface area (Å²) in [7, 11) is 0. The van der Waals surface area contributed by atoms with Gasteiger partial charge in [0.1, 0.15) is 6.04 Å². The Kier molecular flexibility index (Phi) is 2.74. The highest BCUT2D eigenvalue weighted by molar-refractivity contribution is 6.20. The number of fused-ring (bicyclic) bond motifs is 1. The molecule has 1 amide bonds. The molecule has 0 spiro atoms. The van der Waals surface area contributed by atoms with Gasteiger partial charge in [-0.1, -0.05) is 0 Å². The second kappa shape index (κ2) is 3.84. The molecular formula is C9H15ClN2O. The Bertz CT molecular complexity index is 210. The SMILES string of the molecule is O=C1C(CCl)NCC2CCCCN12. The van der Waals surface area contributed by atoms with E-state index in [0.29, 0.717) is 11.9 Å².